The largest absolute Gasteiger partial charge is 0.480 e. The molecule has 5 heteroatoms. The minimum absolute atomic E-state index is 0.00117. The van der Waals surface area contributed by atoms with Crippen molar-refractivity contribution in [2.75, 3.05) is 6.61 Å². The molecule has 1 N–H and O–H groups in total. The van der Waals surface area contributed by atoms with Crippen LogP contribution in [0.2, 0.25) is 0 Å². The first-order valence-corrected chi connectivity index (χ1v) is 4.36. The third kappa shape index (κ3) is 1.96. The van der Waals surface area contributed by atoms with E-state index >= 15 is 0 Å². The lowest BCUT2D eigenvalue weighted by atomic mass is 10.2. The first-order valence-electron chi connectivity index (χ1n) is 4.36. The molecule has 78 valence electrons. The maximum absolute atomic E-state index is 12.8. The van der Waals surface area contributed by atoms with Gasteiger partial charge in [-0.15, -0.1) is 0 Å². The van der Waals surface area contributed by atoms with Crippen molar-refractivity contribution in [1.29, 1.82) is 0 Å². The van der Waals surface area contributed by atoms with Crippen LogP contribution in [0, 0.1) is 5.82 Å². The number of nitrogens with zero attached hydrogens (tertiary/aromatic N) is 1. The minimum Gasteiger partial charge on any atom is -0.480 e. The van der Waals surface area contributed by atoms with Gasteiger partial charge in [0.1, 0.15) is 12.4 Å². The Morgan fingerprint density at radius 1 is 1.60 bits per heavy atom. The van der Waals surface area contributed by atoms with E-state index in [1.54, 1.807) is 6.07 Å². The molecule has 15 heavy (non-hydrogen) atoms. The van der Waals surface area contributed by atoms with E-state index in [1.165, 1.54) is 18.2 Å². The van der Waals surface area contributed by atoms with Crippen LogP contribution in [0.3, 0.4) is 0 Å². The molecule has 1 atom stereocenters. The number of aliphatic carboxylic acids is 1. The molecule has 1 aliphatic rings. The Bertz CT molecular complexity index is 430. The number of ether oxygens (including phenoxy) is 1. The van der Waals surface area contributed by atoms with Gasteiger partial charge in [0, 0.05) is 5.56 Å². The molecule has 0 spiro atoms. The van der Waals surface area contributed by atoms with Gasteiger partial charge in [-0.25, -0.2) is 14.2 Å². The van der Waals surface area contributed by atoms with Gasteiger partial charge in [0.15, 0.2) is 6.04 Å². The van der Waals surface area contributed by atoms with Gasteiger partial charge in [-0.05, 0) is 18.2 Å². The summed E-state index contributed by atoms with van der Waals surface area (Å²) >= 11 is 0. The molecule has 1 aromatic carbocycles. The normalized spacial score (nSPS) is 19.5. The molecule has 0 radical (unpaired) electrons. The van der Waals surface area contributed by atoms with Crippen molar-refractivity contribution in [1.82, 2.24) is 0 Å². The number of hydrogen-bond acceptors (Lipinski definition) is 3. The first-order chi connectivity index (χ1) is 7.16. The highest BCUT2D eigenvalue weighted by Gasteiger charge is 2.25. The summed E-state index contributed by atoms with van der Waals surface area (Å²) in [7, 11) is 0. The Labute approximate surface area is 85.0 Å². The number of carbonyl (C=O) groups is 1. The van der Waals surface area contributed by atoms with Crippen LogP contribution < -0.4 is 0 Å². The molecule has 0 saturated carbocycles. The van der Waals surface area contributed by atoms with Gasteiger partial charge in [0.05, 0.1) is 0 Å². The van der Waals surface area contributed by atoms with E-state index < -0.39 is 17.8 Å². The molecule has 2 rings (SSSR count). The molecule has 0 aliphatic carbocycles. The molecule has 4 nitrogen and oxygen atoms in total. The van der Waals surface area contributed by atoms with E-state index in [9.17, 15) is 9.18 Å². The Kier molecular flexibility index (Phi) is 2.37. The first kappa shape index (κ1) is 9.64. The summed E-state index contributed by atoms with van der Waals surface area (Å²) in [5.41, 5.74) is 0.457. The van der Waals surface area contributed by atoms with Crippen LogP contribution >= 0.6 is 0 Å². The van der Waals surface area contributed by atoms with Gasteiger partial charge < -0.3 is 9.84 Å². The number of benzene rings is 1. The number of halogens is 1. The Balaban J connectivity index is 2.26. The second-order valence-electron chi connectivity index (χ2n) is 3.11. The quantitative estimate of drug-likeness (QED) is 0.792. The predicted octanol–water partition coefficient (Wildman–Crippen LogP) is 1.06. The van der Waals surface area contributed by atoms with Crippen molar-refractivity contribution in [3.05, 3.63) is 35.6 Å². The second kappa shape index (κ2) is 3.68. The monoisotopic (exact) mass is 209 g/mol. The number of carboxylic acid groups (broad SMARTS) is 1. The topological polar surface area (TPSA) is 58.9 Å². The maximum atomic E-state index is 12.8. The fourth-order valence-electron chi connectivity index (χ4n) is 1.28. The number of carboxylic acids is 1. The Hall–Kier alpha value is -1.91. The standard InChI is InChI=1S/C10H8FNO3/c11-7-3-1-2-6(4-7)9-12-8(5-15-9)10(13)14/h1-4,8H,5H2,(H,13,14). The lowest BCUT2D eigenvalue weighted by molar-refractivity contribution is -0.138. The molecule has 0 fully saturated rings. The number of aliphatic imine (C=N–C) groups is 1. The van der Waals surface area contributed by atoms with Crippen LogP contribution in [0.1, 0.15) is 5.56 Å². The zero-order chi connectivity index (χ0) is 10.8. The summed E-state index contributed by atoms with van der Waals surface area (Å²) < 4.78 is 17.9. The highest BCUT2D eigenvalue weighted by molar-refractivity contribution is 5.97. The summed E-state index contributed by atoms with van der Waals surface area (Å²) in [5.74, 6) is -1.26. The molecule has 0 aromatic heterocycles. The molecule has 0 saturated heterocycles. The van der Waals surface area contributed by atoms with Crippen molar-refractivity contribution < 1.29 is 19.0 Å². The van der Waals surface area contributed by atoms with E-state index in [4.69, 9.17) is 9.84 Å². The van der Waals surface area contributed by atoms with Crippen LogP contribution in [-0.2, 0) is 9.53 Å². The van der Waals surface area contributed by atoms with E-state index in [1.807, 2.05) is 0 Å². The van der Waals surface area contributed by atoms with Crippen molar-refractivity contribution in [3.8, 4) is 0 Å². The smallest absolute Gasteiger partial charge is 0.332 e. The maximum Gasteiger partial charge on any atom is 0.332 e. The molecular formula is C10H8FNO3. The van der Waals surface area contributed by atoms with Gasteiger partial charge in [-0.2, -0.15) is 0 Å². The third-order valence-corrected chi connectivity index (χ3v) is 2.01. The molecule has 0 bridgehead atoms. The fourth-order valence-corrected chi connectivity index (χ4v) is 1.28. The van der Waals surface area contributed by atoms with Crippen molar-refractivity contribution in [3.63, 3.8) is 0 Å². The van der Waals surface area contributed by atoms with Crippen LogP contribution in [0.25, 0.3) is 0 Å². The highest BCUT2D eigenvalue weighted by Crippen LogP contribution is 2.13. The summed E-state index contributed by atoms with van der Waals surface area (Å²) in [4.78, 5) is 14.4. The van der Waals surface area contributed by atoms with Gasteiger partial charge in [0.2, 0.25) is 5.90 Å². The van der Waals surface area contributed by atoms with Crippen molar-refractivity contribution in [2.24, 2.45) is 4.99 Å². The molecule has 1 unspecified atom stereocenters. The van der Waals surface area contributed by atoms with Crippen LogP contribution in [0.5, 0.6) is 0 Å². The predicted molar refractivity (Wildman–Crippen MR) is 50.3 cm³/mol. The Morgan fingerprint density at radius 2 is 2.40 bits per heavy atom. The van der Waals surface area contributed by atoms with Gasteiger partial charge >= 0.3 is 5.97 Å². The zero-order valence-electron chi connectivity index (χ0n) is 7.68. The second-order valence-corrected chi connectivity index (χ2v) is 3.11. The Morgan fingerprint density at radius 3 is 3.00 bits per heavy atom. The number of rotatable bonds is 2. The van der Waals surface area contributed by atoms with Gasteiger partial charge in [-0.1, -0.05) is 6.07 Å². The van der Waals surface area contributed by atoms with Crippen molar-refractivity contribution in [2.45, 2.75) is 6.04 Å². The highest BCUT2D eigenvalue weighted by atomic mass is 19.1. The third-order valence-electron chi connectivity index (χ3n) is 2.01. The fraction of sp³-hybridized carbons (Fsp3) is 0.200. The van der Waals surface area contributed by atoms with E-state index in [0.29, 0.717) is 5.56 Å². The average molecular weight is 209 g/mol. The molecule has 1 aromatic rings. The minimum atomic E-state index is -1.04. The lowest BCUT2D eigenvalue weighted by Crippen LogP contribution is -2.18. The van der Waals surface area contributed by atoms with Crippen LogP contribution in [0.4, 0.5) is 4.39 Å². The summed E-state index contributed by atoms with van der Waals surface area (Å²) in [6.07, 6.45) is 0. The molecule has 1 heterocycles. The molecule has 0 amide bonds. The van der Waals surface area contributed by atoms with Gasteiger partial charge in [-0.3, -0.25) is 0 Å². The zero-order valence-corrected chi connectivity index (χ0v) is 7.68. The SMILES string of the molecule is O=C(O)C1COC(c2cccc(F)c2)=N1. The van der Waals surface area contributed by atoms with Gasteiger partial charge in [0.25, 0.3) is 0 Å². The summed E-state index contributed by atoms with van der Waals surface area (Å²) in [5, 5.41) is 8.67. The molecule has 1 aliphatic heterocycles. The average Bonchev–Trinajstić information content (AvgIpc) is 2.66. The summed E-state index contributed by atoms with van der Waals surface area (Å²) in [6.45, 7) is 0.00117. The lowest BCUT2D eigenvalue weighted by Gasteiger charge is -2.00. The summed E-state index contributed by atoms with van der Waals surface area (Å²) in [6, 6.07) is 4.80. The number of hydrogen-bond donors (Lipinski definition) is 1. The van der Waals surface area contributed by atoms with E-state index in [2.05, 4.69) is 4.99 Å². The van der Waals surface area contributed by atoms with Crippen LogP contribution in [-0.4, -0.2) is 29.6 Å². The van der Waals surface area contributed by atoms with E-state index in [0.717, 1.165) is 0 Å². The van der Waals surface area contributed by atoms with Crippen LogP contribution in [0.15, 0.2) is 29.3 Å². The van der Waals surface area contributed by atoms with Crippen molar-refractivity contribution >= 4 is 11.9 Å². The van der Waals surface area contributed by atoms with E-state index in [-0.39, 0.29) is 12.5 Å². The molecular weight excluding hydrogens is 201 g/mol.